The lowest BCUT2D eigenvalue weighted by atomic mass is 10.2. The standard InChI is InChI=1S/C14H19N3O3/c1-16(8-9-17-6-2-3-7-17)13(18)12-5-4-11(10-15-12)14(19)20/h4-5,10H,2-3,6-9H2,1H3,(H,19,20). The average molecular weight is 277 g/mol. The molecule has 0 bridgehead atoms. The molecule has 1 fully saturated rings. The summed E-state index contributed by atoms with van der Waals surface area (Å²) in [4.78, 5) is 30.7. The normalized spacial score (nSPS) is 15.2. The number of carbonyl (C=O) groups is 2. The molecule has 0 spiro atoms. The van der Waals surface area contributed by atoms with Gasteiger partial charge in [-0.25, -0.2) is 4.79 Å². The number of nitrogens with zero attached hydrogens (tertiary/aromatic N) is 3. The van der Waals surface area contributed by atoms with Gasteiger partial charge in [-0.1, -0.05) is 0 Å². The van der Waals surface area contributed by atoms with Gasteiger partial charge >= 0.3 is 5.97 Å². The summed E-state index contributed by atoms with van der Waals surface area (Å²) >= 11 is 0. The molecule has 1 aromatic heterocycles. The van der Waals surface area contributed by atoms with E-state index in [1.165, 1.54) is 31.2 Å². The highest BCUT2D eigenvalue weighted by atomic mass is 16.4. The number of aromatic carboxylic acids is 1. The second-order valence-corrected chi connectivity index (χ2v) is 5.01. The SMILES string of the molecule is CN(CCN1CCCC1)C(=O)c1ccc(C(=O)O)cn1. The van der Waals surface area contributed by atoms with E-state index in [4.69, 9.17) is 5.11 Å². The molecule has 0 atom stereocenters. The third-order valence-electron chi connectivity index (χ3n) is 3.53. The zero-order valence-corrected chi connectivity index (χ0v) is 11.6. The monoisotopic (exact) mass is 277 g/mol. The van der Waals surface area contributed by atoms with Crippen LogP contribution in [0.2, 0.25) is 0 Å². The van der Waals surface area contributed by atoms with Crippen molar-refractivity contribution in [3.8, 4) is 0 Å². The van der Waals surface area contributed by atoms with Crippen LogP contribution in [0.4, 0.5) is 0 Å². The minimum absolute atomic E-state index is 0.0845. The van der Waals surface area contributed by atoms with Gasteiger partial charge in [-0.2, -0.15) is 0 Å². The smallest absolute Gasteiger partial charge is 0.337 e. The van der Waals surface area contributed by atoms with Crippen molar-refractivity contribution in [1.29, 1.82) is 0 Å². The first kappa shape index (κ1) is 14.5. The van der Waals surface area contributed by atoms with Gasteiger partial charge in [-0.3, -0.25) is 9.78 Å². The number of aromatic nitrogens is 1. The van der Waals surface area contributed by atoms with E-state index in [0.717, 1.165) is 19.6 Å². The molecule has 0 aliphatic carbocycles. The fraction of sp³-hybridized carbons (Fsp3) is 0.500. The van der Waals surface area contributed by atoms with Crippen molar-refractivity contribution >= 4 is 11.9 Å². The van der Waals surface area contributed by atoms with Crippen molar-refractivity contribution in [3.05, 3.63) is 29.6 Å². The highest BCUT2D eigenvalue weighted by Crippen LogP contribution is 2.08. The predicted molar refractivity (Wildman–Crippen MR) is 73.8 cm³/mol. The molecule has 2 rings (SSSR count). The summed E-state index contributed by atoms with van der Waals surface area (Å²) in [6.07, 6.45) is 3.68. The van der Waals surface area contributed by atoms with Gasteiger partial charge in [-0.05, 0) is 38.1 Å². The maximum Gasteiger partial charge on any atom is 0.337 e. The van der Waals surface area contributed by atoms with Gasteiger partial charge in [0.2, 0.25) is 0 Å². The largest absolute Gasteiger partial charge is 0.478 e. The van der Waals surface area contributed by atoms with Gasteiger partial charge in [0, 0.05) is 26.3 Å². The summed E-state index contributed by atoms with van der Waals surface area (Å²) in [5, 5.41) is 8.79. The Bertz CT molecular complexity index is 481. The van der Waals surface area contributed by atoms with E-state index in [-0.39, 0.29) is 17.2 Å². The molecule has 2 heterocycles. The molecule has 1 amide bonds. The summed E-state index contributed by atoms with van der Waals surface area (Å²) in [6, 6.07) is 2.86. The summed E-state index contributed by atoms with van der Waals surface area (Å²) in [7, 11) is 1.74. The number of likely N-dealkylation sites (N-methyl/N-ethyl adjacent to an activating group) is 1. The van der Waals surface area contributed by atoms with Crippen LogP contribution in [0.5, 0.6) is 0 Å². The van der Waals surface area contributed by atoms with Crippen molar-refractivity contribution in [2.75, 3.05) is 33.2 Å². The van der Waals surface area contributed by atoms with Crippen molar-refractivity contribution in [3.63, 3.8) is 0 Å². The van der Waals surface area contributed by atoms with E-state index in [0.29, 0.717) is 6.54 Å². The number of rotatable bonds is 5. The Morgan fingerprint density at radius 1 is 1.35 bits per heavy atom. The lowest BCUT2D eigenvalue weighted by Crippen LogP contribution is -2.35. The number of pyridine rings is 1. The van der Waals surface area contributed by atoms with Crippen LogP contribution in [-0.4, -0.2) is 65.0 Å². The number of carboxylic acids is 1. The van der Waals surface area contributed by atoms with Crippen LogP contribution in [0, 0.1) is 0 Å². The minimum atomic E-state index is -1.04. The Hall–Kier alpha value is -1.95. The number of hydrogen-bond acceptors (Lipinski definition) is 4. The van der Waals surface area contributed by atoms with Crippen molar-refractivity contribution in [2.45, 2.75) is 12.8 Å². The lowest BCUT2D eigenvalue weighted by molar-refractivity contribution is 0.0693. The first-order valence-corrected chi connectivity index (χ1v) is 6.75. The van der Waals surface area contributed by atoms with E-state index in [1.807, 2.05) is 0 Å². The minimum Gasteiger partial charge on any atom is -0.478 e. The molecule has 1 N–H and O–H groups in total. The van der Waals surface area contributed by atoms with Gasteiger partial charge in [0.15, 0.2) is 0 Å². The molecule has 1 saturated heterocycles. The zero-order chi connectivity index (χ0) is 14.5. The van der Waals surface area contributed by atoms with Crippen LogP contribution in [0.1, 0.15) is 33.7 Å². The Labute approximate surface area is 118 Å². The molecule has 0 saturated carbocycles. The number of carbonyl (C=O) groups excluding carboxylic acids is 1. The molecule has 0 radical (unpaired) electrons. The molecule has 6 nitrogen and oxygen atoms in total. The predicted octanol–water partition coefficient (Wildman–Crippen LogP) is 0.948. The van der Waals surface area contributed by atoms with Gasteiger partial charge in [0.05, 0.1) is 5.56 Å². The first-order valence-electron chi connectivity index (χ1n) is 6.75. The van der Waals surface area contributed by atoms with Crippen LogP contribution in [-0.2, 0) is 0 Å². The molecule has 0 aromatic carbocycles. The van der Waals surface area contributed by atoms with Gasteiger partial charge < -0.3 is 14.9 Å². The fourth-order valence-corrected chi connectivity index (χ4v) is 2.24. The molecule has 6 heteroatoms. The Balaban J connectivity index is 1.90. The van der Waals surface area contributed by atoms with Gasteiger partial charge in [-0.15, -0.1) is 0 Å². The highest BCUT2D eigenvalue weighted by molar-refractivity contribution is 5.93. The van der Waals surface area contributed by atoms with E-state index in [1.54, 1.807) is 11.9 Å². The van der Waals surface area contributed by atoms with E-state index >= 15 is 0 Å². The van der Waals surface area contributed by atoms with Crippen LogP contribution >= 0.6 is 0 Å². The molecular formula is C14H19N3O3. The van der Waals surface area contributed by atoms with Gasteiger partial charge in [0.1, 0.15) is 5.69 Å². The summed E-state index contributed by atoms with van der Waals surface area (Å²) in [5.74, 6) is -1.22. The average Bonchev–Trinajstić information content (AvgIpc) is 2.97. The molecule has 20 heavy (non-hydrogen) atoms. The fourth-order valence-electron chi connectivity index (χ4n) is 2.24. The van der Waals surface area contributed by atoms with Crippen LogP contribution < -0.4 is 0 Å². The number of hydrogen-bond donors (Lipinski definition) is 1. The van der Waals surface area contributed by atoms with E-state index in [2.05, 4.69) is 9.88 Å². The van der Waals surface area contributed by atoms with Gasteiger partial charge in [0.25, 0.3) is 5.91 Å². The van der Waals surface area contributed by atoms with E-state index in [9.17, 15) is 9.59 Å². The van der Waals surface area contributed by atoms with Crippen LogP contribution in [0.25, 0.3) is 0 Å². The van der Waals surface area contributed by atoms with Crippen LogP contribution in [0.3, 0.4) is 0 Å². The molecule has 108 valence electrons. The Morgan fingerprint density at radius 2 is 2.05 bits per heavy atom. The molecule has 1 aliphatic rings. The maximum atomic E-state index is 12.1. The second kappa shape index (κ2) is 6.47. The third kappa shape index (κ3) is 3.54. The first-order chi connectivity index (χ1) is 9.58. The van der Waals surface area contributed by atoms with Crippen molar-refractivity contribution in [2.24, 2.45) is 0 Å². The quantitative estimate of drug-likeness (QED) is 0.867. The van der Waals surface area contributed by atoms with Crippen molar-refractivity contribution < 1.29 is 14.7 Å². The summed E-state index contributed by atoms with van der Waals surface area (Å²) < 4.78 is 0. The molecule has 1 aromatic rings. The highest BCUT2D eigenvalue weighted by Gasteiger charge is 2.16. The van der Waals surface area contributed by atoms with Crippen LogP contribution in [0.15, 0.2) is 18.3 Å². The number of likely N-dealkylation sites (tertiary alicyclic amines) is 1. The zero-order valence-electron chi connectivity index (χ0n) is 11.6. The maximum absolute atomic E-state index is 12.1. The summed E-state index contributed by atoms with van der Waals surface area (Å²) in [6.45, 7) is 3.73. The van der Waals surface area contributed by atoms with Crippen molar-refractivity contribution in [1.82, 2.24) is 14.8 Å². The molecule has 0 unspecified atom stereocenters. The Kier molecular flexibility index (Phi) is 4.68. The number of amides is 1. The number of carboxylic acid groups (broad SMARTS) is 1. The molecule has 1 aliphatic heterocycles. The Morgan fingerprint density at radius 3 is 2.60 bits per heavy atom. The van der Waals surface area contributed by atoms with E-state index < -0.39 is 5.97 Å². The summed E-state index contributed by atoms with van der Waals surface area (Å²) in [5.41, 5.74) is 0.361. The topological polar surface area (TPSA) is 73.7 Å². The molecular weight excluding hydrogens is 258 g/mol. The third-order valence-corrected chi connectivity index (χ3v) is 3.53. The lowest BCUT2D eigenvalue weighted by Gasteiger charge is -2.21. The second-order valence-electron chi connectivity index (χ2n) is 5.01.